The lowest BCUT2D eigenvalue weighted by molar-refractivity contribution is 0.0601. The van der Waals surface area contributed by atoms with Gasteiger partial charge in [0.05, 0.1) is 12.7 Å². The molecule has 2 aromatic carbocycles. The maximum Gasteiger partial charge on any atom is 0.503 e. The monoisotopic (exact) mass is 442 g/mol. The van der Waals surface area contributed by atoms with Crippen LogP contribution in [-0.2, 0) is 11.2 Å². The van der Waals surface area contributed by atoms with Gasteiger partial charge in [0, 0.05) is 0 Å². The maximum absolute atomic E-state index is 12.1. The number of hydrogen-bond acceptors (Lipinski definition) is 3. The van der Waals surface area contributed by atoms with Crippen molar-refractivity contribution < 1.29 is 24.5 Å². The van der Waals surface area contributed by atoms with Gasteiger partial charge in [-0.3, -0.25) is 0 Å². The quantitative estimate of drug-likeness (QED) is 0.244. The van der Waals surface area contributed by atoms with Crippen LogP contribution in [0.4, 0.5) is 4.79 Å². The van der Waals surface area contributed by atoms with Crippen molar-refractivity contribution >= 4 is 12.1 Å². The molecule has 2 aromatic rings. The van der Waals surface area contributed by atoms with E-state index in [9.17, 15) is 4.79 Å². The zero-order valence-electron chi connectivity index (χ0n) is 19.5. The Hall–Kier alpha value is -2.82. The number of esters is 1. The Morgan fingerprint density at radius 1 is 0.719 bits per heavy atom. The number of rotatable bonds is 13. The molecule has 32 heavy (non-hydrogen) atoms. The molecule has 0 amide bonds. The van der Waals surface area contributed by atoms with Crippen molar-refractivity contribution in [1.29, 1.82) is 0 Å². The summed E-state index contributed by atoms with van der Waals surface area (Å²) >= 11 is 0. The van der Waals surface area contributed by atoms with Crippen molar-refractivity contribution in [3.8, 4) is 11.1 Å². The molecule has 0 aromatic heterocycles. The molecule has 2 rings (SSSR count). The Kier molecular flexibility index (Phi) is 14.3. The average Bonchev–Trinajstić information content (AvgIpc) is 2.79. The van der Waals surface area contributed by atoms with Crippen molar-refractivity contribution in [1.82, 2.24) is 0 Å². The molecular weight excluding hydrogens is 404 g/mol. The standard InChI is InChI=1S/C26H36O2.CH2O3/c1-3-4-5-6-7-8-9-10-11-12-17-22-18-13-14-19-23(22)24-20-15-16-21-25(24)26(27)28-2;2-1(3)4/h13-16,18-21H,3-12,17H2,1-2H3;(H2,2,3,4). The van der Waals surface area contributed by atoms with E-state index in [0.717, 1.165) is 17.5 Å². The molecule has 0 heterocycles. The van der Waals surface area contributed by atoms with Crippen LogP contribution in [0.3, 0.4) is 0 Å². The third-order valence-electron chi connectivity index (χ3n) is 5.44. The van der Waals surface area contributed by atoms with Gasteiger partial charge in [0.15, 0.2) is 0 Å². The minimum absolute atomic E-state index is 0.274. The number of aryl methyl sites for hydroxylation is 1. The van der Waals surface area contributed by atoms with E-state index in [-0.39, 0.29) is 5.97 Å². The van der Waals surface area contributed by atoms with Crippen LogP contribution in [0.5, 0.6) is 0 Å². The summed E-state index contributed by atoms with van der Waals surface area (Å²) in [6.07, 6.45) is 12.7. The summed E-state index contributed by atoms with van der Waals surface area (Å²) in [4.78, 5) is 20.7. The molecule has 0 aliphatic heterocycles. The van der Waals surface area contributed by atoms with Crippen LogP contribution >= 0.6 is 0 Å². The Morgan fingerprint density at radius 2 is 1.19 bits per heavy atom. The fourth-order valence-corrected chi connectivity index (χ4v) is 3.81. The Morgan fingerprint density at radius 3 is 1.75 bits per heavy atom. The highest BCUT2D eigenvalue weighted by Gasteiger charge is 2.14. The van der Waals surface area contributed by atoms with Crippen molar-refractivity contribution in [2.75, 3.05) is 7.11 Å². The molecule has 0 aliphatic rings. The zero-order chi connectivity index (χ0) is 23.6. The van der Waals surface area contributed by atoms with Crippen molar-refractivity contribution in [3.63, 3.8) is 0 Å². The molecule has 0 unspecified atom stereocenters. The highest BCUT2D eigenvalue weighted by Crippen LogP contribution is 2.29. The largest absolute Gasteiger partial charge is 0.503 e. The topological polar surface area (TPSA) is 83.8 Å². The molecular formula is C27H38O5. The number of carboxylic acid groups (broad SMARTS) is 2. The van der Waals surface area contributed by atoms with Gasteiger partial charge in [-0.1, -0.05) is 107 Å². The molecule has 0 radical (unpaired) electrons. The Bertz CT molecular complexity index is 796. The second-order valence-corrected chi connectivity index (χ2v) is 7.91. The van der Waals surface area contributed by atoms with E-state index in [1.165, 1.54) is 76.9 Å². The summed E-state index contributed by atoms with van der Waals surface area (Å²) in [5.74, 6) is -0.274. The number of methoxy groups -OCH3 is 1. The van der Waals surface area contributed by atoms with E-state index in [0.29, 0.717) is 5.56 Å². The molecule has 0 bridgehead atoms. The van der Waals surface area contributed by atoms with E-state index in [4.69, 9.17) is 19.7 Å². The summed E-state index contributed by atoms with van der Waals surface area (Å²) in [7, 11) is 1.44. The third kappa shape index (κ3) is 11.0. The van der Waals surface area contributed by atoms with Crippen LogP contribution in [0.1, 0.15) is 87.1 Å². The number of unbranched alkanes of at least 4 members (excludes halogenated alkanes) is 9. The van der Waals surface area contributed by atoms with Crippen LogP contribution < -0.4 is 0 Å². The predicted molar refractivity (Wildman–Crippen MR) is 129 cm³/mol. The lowest BCUT2D eigenvalue weighted by Gasteiger charge is -2.13. The van der Waals surface area contributed by atoms with Crippen LogP contribution in [-0.4, -0.2) is 29.4 Å². The Labute approximate surface area is 192 Å². The molecule has 0 spiro atoms. The first-order chi connectivity index (χ1) is 15.5. The highest BCUT2D eigenvalue weighted by molar-refractivity contribution is 5.97. The first-order valence-electron chi connectivity index (χ1n) is 11.7. The van der Waals surface area contributed by atoms with Gasteiger partial charge in [0.2, 0.25) is 0 Å². The van der Waals surface area contributed by atoms with Crippen LogP contribution in [0.25, 0.3) is 11.1 Å². The van der Waals surface area contributed by atoms with Gasteiger partial charge in [-0.2, -0.15) is 0 Å². The number of carbonyl (C=O) groups excluding carboxylic acids is 1. The van der Waals surface area contributed by atoms with E-state index in [2.05, 4.69) is 25.1 Å². The first-order valence-corrected chi connectivity index (χ1v) is 11.7. The highest BCUT2D eigenvalue weighted by atomic mass is 16.6. The summed E-state index contributed by atoms with van der Waals surface area (Å²) in [5.41, 5.74) is 4.08. The van der Waals surface area contributed by atoms with Crippen LogP contribution in [0.2, 0.25) is 0 Å². The van der Waals surface area contributed by atoms with E-state index < -0.39 is 6.16 Å². The second-order valence-electron chi connectivity index (χ2n) is 7.91. The van der Waals surface area contributed by atoms with E-state index >= 15 is 0 Å². The minimum Gasteiger partial charge on any atom is -0.465 e. The lowest BCUT2D eigenvalue weighted by Crippen LogP contribution is -2.04. The zero-order valence-corrected chi connectivity index (χ0v) is 19.5. The van der Waals surface area contributed by atoms with Crippen molar-refractivity contribution in [3.05, 3.63) is 59.7 Å². The van der Waals surface area contributed by atoms with Crippen LogP contribution in [0.15, 0.2) is 48.5 Å². The molecule has 5 heteroatoms. The van der Waals surface area contributed by atoms with E-state index in [1.54, 1.807) is 0 Å². The van der Waals surface area contributed by atoms with Gasteiger partial charge in [0.1, 0.15) is 0 Å². The number of ether oxygens (including phenoxy) is 1. The van der Waals surface area contributed by atoms with Gasteiger partial charge >= 0.3 is 12.1 Å². The van der Waals surface area contributed by atoms with Gasteiger partial charge in [-0.05, 0) is 35.6 Å². The molecule has 0 fully saturated rings. The Balaban J connectivity index is 0.00000118. The molecule has 0 aliphatic carbocycles. The van der Waals surface area contributed by atoms with E-state index in [1.807, 2.05) is 30.3 Å². The summed E-state index contributed by atoms with van der Waals surface area (Å²) in [6.45, 7) is 2.27. The first kappa shape index (κ1) is 27.2. The molecule has 0 saturated heterocycles. The van der Waals surface area contributed by atoms with Crippen molar-refractivity contribution in [2.24, 2.45) is 0 Å². The molecule has 5 nitrogen and oxygen atoms in total. The summed E-state index contributed by atoms with van der Waals surface area (Å²) in [6, 6.07) is 16.2. The van der Waals surface area contributed by atoms with Crippen LogP contribution in [0, 0.1) is 0 Å². The van der Waals surface area contributed by atoms with Gasteiger partial charge in [0.25, 0.3) is 0 Å². The smallest absolute Gasteiger partial charge is 0.465 e. The lowest BCUT2D eigenvalue weighted by atomic mass is 9.92. The summed E-state index contributed by atoms with van der Waals surface area (Å²) < 4.78 is 4.97. The number of benzene rings is 2. The summed E-state index contributed by atoms with van der Waals surface area (Å²) in [5, 5.41) is 13.9. The molecule has 176 valence electrons. The molecule has 0 atom stereocenters. The number of hydrogen-bond donors (Lipinski definition) is 2. The van der Waals surface area contributed by atoms with Crippen molar-refractivity contribution in [2.45, 2.75) is 77.6 Å². The molecule has 2 N–H and O–H groups in total. The second kappa shape index (κ2) is 16.8. The fourth-order valence-electron chi connectivity index (χ4n) is 3.81. The van der Waals surface area contributed by atoms with Gasteiger partial charge in [-0.15, -0.1) is 0 Å². The maximum atomic E-state index is 12.1. The van der Waals surface area contributed by atoms with Gasteiger partial charge in [-0.25, -0.2) is 9.59 Å². The normalized spacial score (nSPS) is 10.2. The third-order valence-corrected chi connectivity index (χ3v) is 5.44. The van der Waals surface area contributed by atoms with Gasteiger partial charge < -0.3 is 14.9 Å². The molecule has 0 saturated carbocycles. The fraction of sp³-hybridized carbons (Fsp3) is 0.481. The SMILES string of the molecule is CCCCCCCCCCCCc1ccccc1-c1ccccc1C(=O)OC.O=C(O)O. The minimum atomic E-state index is -1.83. The average molecular weight is 443 g/mol. The predicted octanol–water partition coefficient (Wildman–Crippen LogP) is 7.83. The number of carbonyl (C=O) groups is 2.